The van der Waals surface area contributed by atoms with Gasteiger partial charge in [-0.15, -0.1) is 0 Å². The molecule has 0 aliphatic carbocycles. The lowest BCUT2D eigenvalue weighted by atomic mass is 10.1. The molecule has 0 bridgehead atoms. The van der Waals surface area contributed by atoms with Crippen molar-refractivity contribution in [2.45, 2.75) is 51.8 Å². The lowest BCUT2D eigenvalue weighted by Gasteiger charge is -2.28. The molecule has 0 unspecified atom stereocenters. The number of hydrogen-bond acceptors (Lipinski definition) is 3. The number of benzene rings is 1. The second-order valence-corrected chi connectivity index (χ2v) is 5.92. The first-order valence-corrected chi connectivity index (χ1v) is 8.34. The maximum absolute atomic E-state index is 12.4. The monoisotopic (exact) mass is 318 g/mol. The number of carbonyl (C=O) groups excluding carboxylic acids is 2. The standard InChI is InChI=1S/C18H26N2O3/c1-3-17(21)20(13-15-8-5-4-6-9-15)14(2)18(22)19-12-16-10-7-11-23-16/h4-6,8-9,14,16H,3,7,10-13H2,1-2H3,(H,19,22)/t14-,16+/m0/s1. The van der Waals surface area contributed by atoms with Crippen LogP contribution < -0.4 is 5.32 Å². The van der Waals surface area contributed by atoms with Gasteiger partial charge in [0.2, 0.25) is 11.8 Å². The molecule has 0 saturated carbocycles. The molecular weight excluding hydrogens is 292 g/mol. The molecule has 1 aliphatic rings. The van der Waals surface area contributed by atoms with Crippen LogP contribution in [0.25, 0.3) is 0 Å². The highest BCUT2D eigenvalue weighted by atomic mass is 16.5. The van der Waals surface area contributed by atoms with E-state index >= 15 is 0 Å². The van der Waals surface area contributed by atoms with Crippen molar-refractivity contribution in [3.8, 4) is 0 Å². The van der Waals surface area contributed by atoms with Crippen molar-refractivity contribution in [2.75, 3.05) is 13.2 Å². The van der Waals surface area contributed by atoms with Gasteiger partial charge in [-0.1, -0.05) is 37.3 Å². The fraction of sp³-hybridized carbons (Fsp3) is 0.556. The minimum Gasteiger partial charge on any atom is -0.376 e. The third-order valence-electron chi connectivity index (χ3n) is 4.19. The first kappa shape index (κ1) is 17.5. The van der Waals surface area contributed by atoms with Gasteiger partial charge in [-0.25, -0.2) is 0 Å². The van der Waals surface area contributed by atoms with Crippen LogP contribution in [-0.2, 0) is 20.9 Å². The van der Waals surface area contributed by atoms with E-state index in [4.69, 9.17) is 4.74 Å². The van der Waals surface area contributed by atoms with Gasteiger partial charge in [0.1, 0.15) is 6.04 Å². The van der Waals surface area contributed by atoms with Crippen LogP contribution in [0.3, 0.4) is 0 Å². The van der Waals surface area contributed by atoms with Crippen LogP contribution in [0, 0.1) is 0 Å². The van der Waals surface area contributed by atoms with E-state index in [9.17, 15) is 9.59 Å². The maximum atomic E-state index is 12.4. The van der Waals surface area contributed by atoms with Crippen molar-refractivity contribution < 1.29 is 14.3 Å². The van der Waals surface area contributed by atoms with Crippen molar-refractivity contribution in [1.82, 2.24) is 10.2 Å². The summed E-state index contributed by atoms with van der Waals surface area (Å²) in [6.45, 7) is 5.33. The average Bonchev–Trinajstić information content (AvgIpc) is 3.10. The van der Waals surface area contributed by atoms with Gasteiger partial charge >= 0.3 is 0 Å². The minimum atomic E-state index is -0.496. The Morgan fingerprint density at radius 3 is 2.70 bits per heavy atom. The molecule has 1 aromatic carbocycles. The number of nitrogens with one attached hydrogen (secondary N) is 1. The zero-order valence-corrected chi connectivity index (χ0v) is 14.0. The van der Waals surface area contributed by atoms with E-state index in [-0.39, 0.29) is 17.9 Å². The van der Waals surface area contributed by atoms with E-state index in [1.165, 1.54) is 0 Å². The van der Waals surface area contributed by atoms with Crippen molar-refractivity contribution in [3.63, 3.8) is 0 Å². The highest BCUT2D eigenvalue weighted by molar-refractivity contribution is 5.87. The fourth-order valence-electron chi connectivity index (χ4n) is 2.73. The topological polar surface area (TPSA) is 58.6 Å². The Hall–Kier alpha value is -1.88. The molecule has 2 amide bonds. The van der Waals surface area contributed by atoms with Crippen LogP contribution in [0.5, 0.6) is 0 Å². The number of amides is 2. The lowest BCUT2D eigenvalue weighted by molar-refractivity contribution is -0.140. The highest BCUT2D eigenvalue weighted by Crippen LogP contribution is 2.12. The molecular formula is C18H26N2O3. The SMILES string of the molecule is CCC(=O)N(Cc1ccccc1)[C@@H](C)C(=O)NC[C@H]1CCCO1. The molecule has 1 aliphatic heterocycles. The van der Waals surface area contributed by atoms with Gasteiger partial charge < -0.3 is 15.0 Å². The summed E-state index contributed by atoms with van der Waals surface area (Å²) in [6.07, 6.45) is 2.52. The van der Waals surface area contributed by atoms with Crippen molar-refractivity contribution in [3.05, 3.63) is 35.9 Å². The van der Waals surface area contributed by atoms with Crippen LogP contribution in [0.4, 0.5) is 0 Å². The van der Waals surface area contributed by atoms with E-state index in [0.717, 1.165) is 25.0 Å². The largest absolute Gasteiger partial charge is 0.376 e. The molecule has 1 N–H and O–H groups in total. The van der Waals surface area contributed by atoms with Gasteiger partial charge in [-0.2, -0.15) is 0 Å². The summed E-state index contributed by atoms with van der Waals surface area (Å²) in [5.41, 5.74) is 1.02. The Kier molecular flexibility index (Phi) is 6.59. The number of ether oxygens (including phenoxy) is 1. The zero-order valence-electron chi connectivity index (χ0n) is 14.0. The number of rotatable bonds is 7. The molecule has 5 heteroatoms. The third-order valence-corrected chi connectivity index (χ3v) is 4.19. The molecule has 1 fully saturated rings. The Balaban J connectivity index is 1.96. The van der Waals surface area contributed by atoms with Crippen LogP contribution in [0.15, 0.2) is 30.3 Å². The maximum Gasteiger partial charge on any atom is 0.242 e. The summed E-state index contributed by atoms with van der Waals surface area (Å²) in [5.74, 6) is -0.146. The van der Waals surface area contributed by atoms with Gasteiger partial charge in [0, 0.05) is 26.1 Å². The summed E-state index contributed by atoms with van der Waals surface area (Å²) in [7, 11) is 0. The Bertz CT molecular complexity index is 512. The molecule has 0 aromatic heterocycles. The minimum absolute atomic E-state index is 0.0198. The summed E-state index contributed by atoms with van der Waals surface area (Å²) in [5, 5.41) is 2.91. The van der Waals surface area contributed by atoms with E-state index in [1.54, 1.807) is 11.8 Å². The second-order valence-electron chi connectivity index (χ2n) is 5.92. The van der Waals surface area contributed by atoms with Crippen LogP contribution >= 0.6 is 0 Å². The molecule has 1 saturated heterocycles. The van der Waals surface area contributed by atoms with Crippen molar-refractivity contribution in [1.29, 1.82) is 0 Å². The smallest absolute Gasteiger partial charge is 0.242 e. The summed E-state index contributed by atoms with van der Waals surface area (Å²) < 4.78 is 5.51. The summed E-state index contributed by atoms with van der Waals surface area (Å²) in [4.78, 5) is 26.3. The van der Waals surface area contributed by atoms with Crippen LogP contribution in [0.2, 0.25) is 0 Å². The quantitative estimate of drug-likeness (QED) is 0.837. The van der Waals surface area contributed by atoms with Crippen molar-refractivity contribution >= 4 is 11.8 Å². The fourth-order valence-corrected chi connectivity index (χ4v) is 2.73. The molecule has 2 rings (SSSR count). The Morgan fingerprint density at radius 2 is 2.09 bits per heavy atom. The summed E-state index contributed by atoms with van der Waals surface area (Å²) in [6, 6.07) is 9.25. The van der Waals surface area contributed by atoms with E-state index in [1.807, 2.05) is 37.3 Å². The van der Waals surface area contributed by atoms with Crippen molar-refractivity contribution in [2.24, 2.45) is 0 Å². The third kappa shape index (κ3) is 5.06. The van der Waals surface area contributed by atoms with Gasteiger partial charge in [-0.3, -0.25) is 9.59 Å². The predicted molar refractivity (Wildman–Crippen MR) is 88.7 cm³/mol. The molecule has 5 nitrogen and oxygen atoms in total. The normalized spacial score (nSPS) is 18.4. The Morgan fingerprint density at radius 1 is 1.35 bits per heavy atom. The number of carbonyl (C=O) groups is 2. The molecule has 2 atom stereocenters. The van der Waals surface area contributed by atoms with Gasteiger partial charge in [0.25, 0.3) is 0 Å². The second kappa shape index (κ2) is 8.67. The molecule has 126 valence electrons. The lowest BCUT2D eigenvalue weighted by Crippen LogP contribution is -2.48. The van der Waals surface area contributed by atoms with E-state index < -0.39 is 6.04 Å². The number of hydrogen-bond donors (Lipinski definition) is 1. The first-order chi connectivity index (χ1) is 11.1. The highest BCUT2D eigenvalue weighted by Gasteiger charge is 2.26. The number of nitrogens with zero attached hydrogens (tertiary/aromatic N) is 1. The predicted octanol–water partition coefficient (Wildman–Crippen LogP) is 2.11. The van der Waals surface area contributed by atoms with Gasteiger partial charge in [-0.05, 0) is 25.3 Å². The van der Waals surface area contributed by atoms with E-state index in [2.05, 4.69) is 5.32 Å². The average molecular weight is 318 g/mol. The van der Waals surface area contributed by atoms with Gasteiger partial charge in [0.05, 0.1) is 6.10 Å². The molecule has 1 heterocycles. The molecule has 0 spiro atoms. The molecule has 23 heavy (non-hydrogen) atoms. The zero-order chi connectivity index (χ0) is 16.7. The van der Waals surface area contributed by atoms with E-state index in [0.29, 0.717) is 19.5 Å². The van der Waals surface area contributed by atoms with Crippen LogP contribution in [-0.4, -0.2) is 42.0 Å². The first-order valence-electron chi connectivity index (χ1n) is 8.34. The summed E-state index contributed by atoms with van der Waals surface area (Å²) >= 11 is 0. The Labute approximate surface area is 138 Å². The van der Waals surface area contributed by atoms with Crippen LogP contribution in [0.1, 0.15) is 38.7 Å². The molecule has 1 aromatic rings. The molecule has 0 radical (unpaired) electrons. The van der Waals surface area contributed by atoms with Gasteiger partial charge in [0.15, 0.2) is 0 Å².